The van der Waals surface area contributed by atoms with Gasteiger partial charge in [0, 0.05) is 6.54 Å². The molecule has 0 bridgehead atoms. The van der Waals surface area contributed by atoms with Crippen LogP contribution < -0.4 is 11.9 Å². The third-order valence-electron chi connectivity index (χ3n) is 0.775. The van der Waals surface area contributed by atoms with Crippen molar-refractivity contribution in [1.82, 2.24) is 6.15 Å². The van der Waals surface area contributed by atoms with E-state index in [2.05, 4.69) is 0 Å². The number of aliphatic carboxylic acids is 1. The molecule has 0 saturated carbocycles. The summed E-state index contributed by atoms with van der Waals surface area (Å²) in [6.07, 6.45) is 0. The van der Waals surface area contributed by atoms with Gasteiger partial charge in [0.2, 0.25) is 0 Å². The fraction of sp³-hybridized carbons (Fsp3) is 0.750. The molecule has 6 N–H and O–H groups in total. The summed E-state index contributed by atoms with van der Waals surface area (Å²) in [6.45, 7) is 1.79. The molecule has 0 fully saturated rings. The minimum Gasteiger partial charge on any atom is -0.481 e. The number of carbonyl (C=O) groups is 1. The summed E-state index contributed by atoms with van der Waals surface area (Å²) in [4.78, 5) is 9.85. The van der Waals surface area contributed by atoms with E-state index < -0.39 is 11.9 Å². The lowest BCUT2D eigenvalue weighted by molar-refractivity contribution is -0.140. The van der Waals surface area contributed by atoms with E-state index in [4.69, 9.17) is 10.8 Å². The largest absolute Gasteiger partial charge is 0.481 e. The first-order valence-corrected chi connectivity index (χ1v) is 2.11. The number of carboxylic acid groups (broad SMARTS) is 1. The molecule has 0 aromatic rings. The van der Waals surface area contributed by atoms with Crippen LogP contribution in [0.2, 0.25) is 0 Å². The van der Waals surface area contributed by atoms with Gasteiger partial charge in [0.25, 0.3) is 0 Å². The third kappa shape index (κ3) is 3.58. The van der Waals surface area contributed by atoms with Crippen LogP contribution in [0.1, 0.15) is 6.92 Å². The molecule has 50 valence electrons. The molecule has 0 aliphatic rings. The van der Waals surface area contributed by atoms with Gasteiger partial charge in [-0.2, -0.15) is 0 Å². The van der Waals surface area contributed by atoms with E-state index >= 15 is 0 Å². The highest BCUT2D eigenvalue weighted by Crippen LogP contribution is 1.87. The van der Waals surface area contributed by atoms with E-state index in [0.717, 1.165) is 0 Å². The van der Waals surface area contributed by atoms with E-state index in [1.165, 1.54) is 0 Å². The lowest BCUT2D eigenvalue weighted by Gasteiger charge is -1.96. The summed E-state index contributed by atoms with van der Waals surface area (Å²) in [5, 5.41) is 8.10. The molecule has 0 saturated heterocycles. The molecule has 0 aromatic heterocycles. The predicted octanol–water partition coefficient (Wildman–Crippen LogP) is -0.172. The van der Waals surface area contributed by atoms with Crippen LogP contribution in [0.25, 0.3) is 0 Å². The fourth-order valence-corrected chi connectivity index (χ4v) is 0.101. The Kier molecular flexibility index (Phi) is 5.90. The summed E-state index contributed by atoms with van der Waals surface area (Å²) >= 11 is 0. The quantitative estimate of drug-likeness (QED) is 0.471. The number of hydrogen-bond acceptors (Lipinski definition) is 3. The second-order valence-corrected chi connectivity index (χ2v) is 1.47. The van der Waals surface area contributed by atoms with Crippen molar-refractivity contribution < 1.29 is 9.90 Å². The molecule has 8 heavy (non-hydrogen) atoms. The van der Waals surface area contributed by atoms with E-state index in [-0.39, 0.29) is 12.7 Å². The molecule has 0 rings (SSSR count). The lowest BCUT2D eigenvalue weighted by atomic mass is 10.2. The normalized spacial score (nSPS) is 11.8. The molecule has 1 atom stereocenters. The van der Waals surface area contributed by atoms with Crippen LogP contribution in [0.5, 0.6) is 0 Å². The van der Waals surface area contributed by atoms with Crippen molar-refractivity contribution in [3.05, 3.63) is 0 Å². The first-order valence-electron chi connectivity index (χ1n) is 2.11. The second kappa shape index (κ2) is 4.55. The van der Waals surface area contributed by atoms with Gasteiger partial charge in [0.15, 0.2) is 0 Å². The van der Waals surface area contributed by atoms with Crippen LogP contribution in [-0.4, -0.2) is 17.6 Å². The van der Waals surface area contributed by atoms with Crippen molar-refractivity contribution in [2.24, 2.45) is 11.7 Å². The van der Waals surface area contributed by atoms with Crippen LogP contribution in [0.4, 0.5) is 0 Å². The van der Waals surface area contributed by atoms with Crippen LogP contribution >= 0.6 is 0 Å². The van der Waals surface area contributed by atoms with Crippen molar-refractivity contribution in [3.8, 4) is 0 Å². The van der Waals surface area contributed by atoms with Crippen molar-refractivity contribution in [3.63, 3.8) is 0 Å². The number of nitrogens with two attached hydrogens (primary N) is 1. The smallest absolute Gasteiger partial charge is 0.307 e. The Morgan fingerprint density at radius 1 is 1.88 bits per heavy atom. The molecule has 0 aliphatic heterocycles. The Bertz CT molecular complexity index is 74.4. The monoisotopic (exact) mass is 120 g/mol. The summed E-state index contributed by atoms with van der Waals surface area (Å²) < 4.78 is 0. The van der Waals surface area contributed by atoms with Crippen molar-refractivity contribution in [1.29, 1.82) is 0 Å². The first-order chi connectivity index (χ1) is 3.18. The maximum Gasteiger partial charge on any atom is 0.307 e. The first kappa shape index (κ1) is 10.4. The molecule has 0 radical (unpaired) electrons. The molecule has 4 heteroatoms. The van der Waals surface area contributed by atoms with Crippen molar-refractivity contribution in [2.75, 3.05) is 6.54 Å². The Balaban J connectivity index is 0. The predicted molar refractivity (Wildman–Crippen MR) is 30.9 cm³/mol. The Morgan fingerprint density at radius 2 is 2.25 bits per heavy atom. The van der Waals surface area contributed by atoms with Gasteiger partial charge in [-0.05, 0) is 0 Å². The molecular weight excluding hydrogens is 108 g/mol. The van der Waals surface area contributed by atoms with E-state index in [0.29, 0.717) is 0 Å². The maximum absolute atomic E-state index is 9.85. The summed E-state index contributed by atoms with van der Waals surface area (Å²) in [6, 6.07) is 0. The summed E-state index contributed by atoms with van der Waals surface area (Å²) in [7, 11) is 0. The zero-order valence-electron chi connectivity index (χ0n) is 4.92. The topological polar surface area (TPSA) is 98.3 Å². The van der Waals surface area contributed by atoms with E-state index in [1.54, 1.807) is 6.92 Å². The Morgan fingerprint density at radius 3 is 2.25 bits per heavy atom. The molecule has 0 amide bonds. The molecule has 0 aliphatic carbocycles. The van der Waals surface area contributed by atoms with E-state index in [1.807, 2.05) is 0 Å². The number of rotatable bonds is 2. The highest BCUT2D eigenvalue weighted by Gasteiger charge is 2.05. The average Bonchev–Trinajstić information content (AvgIpc) is 1.65. The Hall–Kier alpha value is -0.610. The zero-order valence-corrected chi connectivity index (χ0v) is 4.92. The molecule has 0 aromatic carbocycles. The van der Waals surface area contributed by atoms with Crippen LogP contribution in [-0.2, 0) is 4.79 Å². The minimum atomic E-state index is -0.831. The van der Waals surface area contributed by atoms with Gasteiger partial charge < -0.3 is 17.0 Å². The average molecular weight is 120 g/mol. The molecule has 0 spiro atoms. The van der Waals surface area contributed by atoms with Gasteiger partial charge in [-0.25, -0.2) is 0 Å². The van der Waals surface area contributed by atoms with Crippen LogP contribution in [0.3, 0.4) is 0 Å². The van der Waals surface area contributed by atoms with Gasteiger partial charge in [-0.3, -0.25) is 4.79 Å². The highest BCUT2D eigenvalue weighted by atomic mass is 16.4. The molecular formula is C4H12N2O2. The SMILES string of the molecule is CC(CN)C(=O)O.N. The minimum absolute atomic E-state index is 0. The number of hydrogen-bond donors (Lipinski definition) is 3. The standard InChI is InChI=1S/C4H9NO2.H3N/c1-3(2-5)4(6)7;/h3H,2,5H2,1H3,(H,6,7);1H3. The van der Waals surface area contributed by atoms with Crippen LogP contribution in [0, 0.1) is 5.92 Å². The lowest BCUT2D eigenvalue weighted by Crippen LogP contribution is -2.19. The van der Waals surface area contributed by atoms with Gasteiger partial charge in [-0.15, -0.1) is 0 Å². The van der Waals surface area contributed by atoms with Gasteiger partial charge in [0.1, 0.15) is 0 Å². The fourth-order valence-electron chi connectivity index (χ4n) is 0.101. The summed E-state index contributed by atoms with van der Waals surface area (Å²) in [5.74, 6) is -1.23. The molecule has 4 nitrogen and oxygen atoms in total. The van der Waals surface area contributed by atoms with Gasteiger partial charge >= 0.3 is 5.97 Å². The summed E-state index contributed by atoms with van der Waals surface area (Å²) in [5.41, 5.74) is 4.99. The second-order valence-electron chi connectivity index (χ2n) is 1.47. The van der Waals surface area contributed by atoms with Gasteiger partial charge in [0.05, 0.1) is 5.92 Å². The zero-order chi connectivity index (χ0) is 5.86. The van der Waals surface area contributed by atoms with Crippen molar-refractivity contribution >= 4 is 5.97 Å². The van der Waals surface area contributed by atoms with E-state index in [9.17, 15) is 4.79 Å². The highest BCUT2D eigenvalue weighted by molar-refractivity contribution is 5.69. The number of carboxylic acids is 1. The third-order valence-corrected chi connectivity index (χ3v) is 0.775. The van der Waals surface area contributed by atoms with Gasteiger partial charge in [-0.1, -0.05) is 6.92 Å². The molecule has 0 heterocycles. The van der Waals surface area contributed by atoms with Crippen LogP contribution in [0.15, 0.2) is 0 Å². The molecule has 1 unspecified atom stereocenters. The maximum atomic E-state index is 9.85. The van der Waals surface area contributed by atoms with Crippen molar-refractivity contribution in [2.45, 2.75) is 6.92 Å². The Labute approximate surface area is 48.3 Å².